The number of ether oxygens (including phenoxy) is 1. The lowest BCUT2D eigenvalue weighted by molar-refractivity contribution is 0.298. The van der Waals surface area contributed by atoms with Gasteiger partial charge in [-0.1, -0.05) is 28.1 Å². The average Bonchev–Trinajstić information content (AvgIpc) is 2.37. The van der Waals surface area contributed by atoms with Crippen LogP contribution in [0.25, 0.3) is 0 Å². The van der Waals surface area contributed by atoms with E-state index in [9.17, 15) is 8.78 Å². The van der Waals surface area contributed by atoms with Gasteiger partial charge in [-0.3, -0.25) is 0 Å². The summed E-state index contributed by atoms with van der Waals surface area (Å²) in [4.78, 5) is 0. The molecule has 0 amide bonds. The van der Waals surface area contributed by atoms with Crippen molar-refractivity contribution in [2.24, 2.45) is 5.73 Å². The van der Waals surface area contributed by atoms with Crippen molar-refractivity contribution in [1.82, 2.24) is 0 Å². The highest BCUT2D eigenvalue weighted by molar-refractivity contribution is 9.10. The van der Waals surface area contributed by atoms with Crippen LogP contribution in [0, 0.1) is 11.6 Å². The maximum Gasteiger partial charge on any atom is 0.131 e. The molecule has 5 heteroatoms. The molecule has 2 N–H and O–H groups in total. The standard InChI is InChI=1S/C15H14BrF2NO/c1-9(19)13-5-4-12(7-15(13)18)20-8-10-2-3-11(16)6-14(10)17/h2-7,9H,8,19H2,1H3/t9-/m0/s1. The van der Waals surface area contributed by atoms with Crippen LogP contribution in [-0.4, -0.2) is 0 Å². The molecule has 0 aliphatic carbocycles. The Morgan fingerprint density at radius 1 is 1.15 bits per heavy atom. The van der Waals surface area contributed by atoms with E-state index < -0.39 is 5.82 Å². The van der Waals surface area contributed by atoms with Gasteiger partial charge >= 0.3 is 0 Å². The van der Waals surface area contributed by atoms with Crippen LogP contribution in [0.5, 0.6) is 5.75 Å². The zero-order chi connectivity index (χ0) is 14.7. The summed E-state index contributed by atoms with van der Waals surface area (Å²) in [5, 5.41) is 0. The van der Waals surface area contributed by atoms with Gasteiger partial charge in [0.05, 0.1) is 0 Å². The molecule has 0 heterocycles. The first-order chi connectivity index (χ1) is 9.47. The molecule has 0 spiro atoms. The quantitative estimate of drug-likeness (QED) is 0.898. The lowest BCUT2D eigenvalue weighted by atomic mass is 10.1. The zero-order valence-corrected chi connectivity index (χ0v) is 12.5. The van der Waals surface area contributed by atoms with Crippen molar-refractivity contribution in [3.8, 4) is 5.75 Å². The van der Waals surface area contributed by atoms with Gasteiger partial charge < -0.3 is 10.5 Å². The van der Waals surface area contributed by atoms with Gasteiger partial charge in [0.2, 0.25) is 0 Å². The summed E-state index contributed by atoms with van der Waals surface area (Å²) in [6.45, 7) is 1.74. The van der Waals surface area contributed by atoms with E-state index in [1.807, 2.05) is 0 Å². The van der Waals surface area contributed by atoms with Crippen molar-refractivity contribution in [3.63, 3.8) is 0 Å². The number of rotatable bonds is 4. The molecular weight excluding hydrogens is 328 g/mol. The second-order valence-electron chi connectivity index (χ2n) is 4.50. The Hall–Kier alpha value is -1.46. The maximum atomic E-state index is 13.7. The topological polar surface area (TPSA) is 35.2 Å². The van der Waals surface area contributed by atoms with E-state index in [0.29, 0.717) is 21.3 Å². The van der Waals surface area contributed by atoms with Gasteiger partial charge in [-0.2, -0.15) is 0 Å². The fourth-order valence-corrected chi connectivity index (χ4v) is 2.10. The van der Waals surface area contributed by atoms with Gasteiger partial charge in [-0.25, -0.2) is 8.78 Å². The minimum atomic E-state index is -0.422. The summed E-state index contributed by atoms with van der Waals surface area (Å²) < 4.78 is 33.4. The summed E-state index contributed by atoms with van der Waals surface area (Å²) in [6.07, 6.45) is 0. The lowest BCUT2D eigenvalue weighted by Crippen LogP contribution is -2.07. The molecule has 1 atom stereocenters. The highest BCUT2D eigenvalue weighted by Crippen LogP contribution is 2.22. The molecule has 0 aromatic heterocycles. The molecule has 0 saturated carbocycles. The van der Waals surface area contributed by atoms with Crippen LogP contribution in [0.3, 0.4) is 0 Å². The molecule has 20 heavy (non-hydrogen) atoms. The molecule has 106 valence electrons. The highest BCUT2D eigenvalue weighted by atomic mass is 79.9. The van der Waals surface area contributed by atoms with Crippen LogP contribution in [0.2, 0.25) is 0 Å². The van der Waals surface area contributed by atoms with E-state index >= 15 is 0 Å². The smallest absolute Gasteiger partial charge is 0.131 e. The van der Waals surface area contributed by atoms with E-state index in [2.05, 4.69) is 15.9 Å². The van der Waals surface area contributed by atoms with Gasteiger partial charge in [0, 0.05) is 27.7 Å². The maximum absolute atomic E-state index is 13.7. The van der Waals surface area contributed by atoms with Gasteiger partial charge in [0.1, 0.15) is 24.0 Å². The van der Waals surface area contributed by atoms with Crippen molar-refractivity contribution < 1.29 is 13.5 Å². The first kappa shape index (κ1) is 14.9. The monoisotopic (exact) mass is 341 g/mol. The minimum Gasteiger partial charge on any atom is -0.489 e. The van der Waals surface area contributed by atoms with Crippen LogP contribution in [0.15, 0.2) is 40.9 Å². The summed E-state index contributed by atoms with van der Waals surface area (Å²) >= 11 is 3.18. The fourth-order valence-electron chi connectivity index (χ4n) is 1.77. The van der Waals surface area contributed by atoms with Crippen molar-refractivity contribution in [2.45, 2.75) is 19.6 Å². The van der Waals surface area contributed by atoms with Crippen molar-refractivity contribution in [1.29, 1.82) is 0 Å². The Balaban J connectivity index is 2.09. The minimum absolute atomic E-state index is 0.0378. The predicted octanol–water partition coefficient (Wildman–Crippen LogP) is 4.33. The molecule has 0 saturated heterocycles. The van der Waals surface area contributed by atoms with E-state index in [0.717, 1.165) is 0 Å². The molecule has 0 aliphatic rings. The summed E-state index contributed by atoms with van der Waals surface area (Å²) in [6, 6.07) is 8.78. The Kier molecular flexibility index (Phi) is 4.73. The molecular formula is C15H14BrF2NO. The second-order valence-corrected chi connectivity index (χ2v) is 5.41. The van der Waals surface area contributed by atoms with Crippen LogP contribution >= 0.6 is 15.9 Å². The number of halogens is 3. The van der Waals surface area contributed by atoms with Crippen LogP contribution in [0.4, 0.5) is 8.78 Å². The Bertz CT molecular complexity index is 617. The van der Waals surface area contributed by atoms with E-state index in [4.69, 9.17) is 10.5 Å². The van der Waals surface area contributed by atoms with Gasteiger partial charge in [0.25, 0.3) is 0 Å². The van der Waals surface area contributed by atoms with E-state index in [-0.39, 0.29) is 18.5 Å². The van der Waals surface area contributed by atoms with Crippen molar-refractivity contribution in [3.05, 3.63) is 63.6 Å². The summed E-state index contributed by atoms with van der Waals surface area (Å²) in [5.74, 6) is -0.449. The van der Waals surface area contributed by atoms with Gasteiger partial charge in [-0.15, -0.1) is 0 Å². The fraction of sp³-hybridized carbons (Fsp3) is 0.200. The van der Waals surface area contributed by atoms with Crippen molar-refractivity contribution >= 4 is 15.9 Å². The SMILES string of the molecule is C[C@H](N)c1ccc(OCc2ccc(Br)cc2F)cc1F. The average molecular weight is 342 g/mol. The largest absolute Gasteiger partial charge is 0.489 e. The van der Waals surface area contributed by atoms with Gasteiger partial charge in [0.15, 0.2) is 0 Å². The third-order valence-corrected chi connectivity index (χ3v) is 3.37. The highest BCUT2D eigenvalue weighted by Gasteiger charge is 2.09. The number of hydrogen-bond donors (Lipinski definition) is 1. The van der Waals surface area contributed by atoms with E-state index in [1.165, 1.54) is 12.1 Å². The molecule has 0 unspecified atom stereocenters. The van der Waals surface area contributed by atoms with Gasteiger partial charge in [-0.05, 0) is 25.1 Å². The Morgan fingerprint density at radius 3 is 2.50 bits per heavy atom. The molecule has 0 aliphatic heterocycles. The first-order valence-electron chi connectivity index (χ1n) is 6.09. The molecule has 0 radical (unpaired) electrons. The Labute approximate surface area is 124 Å². The number of hydrogen-bond acceptors (Lipinski definition) is 2. The van der Waals surface area contributed by atoms with Crippen LogP contribution < -0.4 is 10.5 Å². The lowest BCUT2D eigenvalue weighted by Gasteiger charge is -2.11. The molecule has 2 nitrogen and oxygen atoms in total. The number of nitrogens with two attached hydrogens (primary N) is 1. The van der Waals surface area contributed by atoms with E-state index in [1.54, 1.807) is 31.2 Å². The molecule has 2 aromatic rings. The first-order valence-corrected chi connectivity index (χ1v) is 6.88. The van der Waals surface area contributed by atoms with Crippen LogP contribution in [-0.2, 0) is 6.61 Å². The molecule has 2 rings (SSSR count). The van der Waals surface area contributed by atoms with Crippen LogP contribution in [0.1, 0.15) is 24.1 Å². The third-order valence-electron chi connectivity index (χ3n) is 2.87. The second kappa shape index (κ2) is 6.33. The molecule has 0 fully saturated rings. The Morgan fingerprint density at radius 2 is 1.90 bits per heavy atom. The summed E-state index contributed by atoms with van der Waals surface area (Å²) in [5.41, 5.74) is 6.46. The zero-order valence-electron chi connectivity index (χ0n) is 10.9. The molecule has 0 bridgehead atoms. The summed E-state index contributed by atoms with van der Waals surface area (Å²) in [7, 11) is 0. The predicted molar refractivity (Wildman–Crippen MR) is 77.4 cm³/mol. The normalized spacial score (nSPS) is 12.2. The number of benzene rings is 2. The molecule has 2 aromatic carbocycles. The van der Waals surface area contributed by atoms with Crippen molar-refractivity contribution in [2.75, 3.05) is 0 Å². The third kappa shape index (κ3) is 3.55.